The van der Waals surface area contributed by atoms with Crippen molar-refractivity contribution in [3.8, 4) is 0 Å². The van der Waals surface area contributed by atoms with E-state index >= 15 is 0 Å². The number of nitrogens with zero attached hydrogens (tertiary/aromatic N) is 1. The largest absolute Gasteiger partial charge is 0.359 e. The fourth-order valence-electron chi connectivity index (χ4n) is 1.25. The summed E-state index contributed by atoms with van der Waals surface area (Å²) in [5, 5.41) is 4.42. The molecule has 3 heteroatoms. The van der Waals surface area contributed by atoms with Crippen LogP contribution in [0.3, 0.4) is 0 Å². The van der Waals surface area contributed by atoms with Crippen LogP contribution in [0.15, 0.2) is 24.3 Å². The number of rotatable bonds is 3. The second kappa shape index (κ2) is 3.96. The Hall–Kier alpha value is -1.09. The minimum Gasteiger partial charge on any atom is -0.359 e. The molecule has 1 aromatic heterocycles. The number of hydrogen-bond donors (Lipinski definition) is 1. The molecular weight excluding hydrogens is 192 g/mol. The van der Waals surface area contributed by atoms with Gasteiger partial charge in [0.25, 0.3) is 0 Å². The fraction of sp³-hybridized carbons (Fsp3) is 0.364. The molecule has 0 radical (unpaired) electrons. The van der Waals surface area contributed by atoms with Gasteiger partial charge in [-0.2, -0.15) is 0 Å². The first-order valence-corrected chi connectivity index (χ1v) is 5.73. The second-order valence-electron chi connectivity index (χ2n) is 3.44. The van der Waals surface area contributed by atoms with Gasteiger partial charge in [-0.1, -0.05) is 30.4 Å². The number of para-hydroxylation sites is 1. The molecule has 0 amide bonds. The average molecular weight is 206 g/mol. The molecule has 0 unspecified atom stereocenters. The van der Waals surface area contributed by atoms with E-state index < -0.39 is 0 Å². The van der Waals surface area contributed by atoms with Crippen LogP contribution in [0.1, 0.15) is 20.3 Å². The minimum atomic E-state index is 0.496. The summed E-state index contributed by atoms with van der Waals surface area (Å²) in [6.45, 7) is 4.34. The molecule has 1 atom stereocenters. The summed E-state index contributed by atoms with van der Waals surface area (Å²) in [5.41, 5.74) is 1.09. The molecule has 0 saturated carbocycles. The van der Waals surface area contributed by atoms with Crippen molar-refractivity contribution in [2.75, 3.05) is 5.32 Å². The van der Waals surface area contributed by atoms with Gasteiger partial charge in [0.05, 0.1) is 10.2 Å². The highest BCUT2D eigenvalue weighted by molar-refractivity contribution is 7.22. The highest BCUT2D eigenvalue weighted by atomic mass is 32.1. The van der Waals surface area contributed by atoms with Crippen molar-refractivity contribution in [1.82, 2.24) is 4.98 Å². The smallest absolute Gasteiger partial charge is 0.183 e. The molecule has 74 valence electrons. The van der Waals surface area contributed by atoms with E-state index in [0.29, 0.717) is 6.04 Å². The Morgan fingerprint density at radius 1 is 1.43 bits per heavy atom. The van der Waals surface area contributed by atoms with E-state index in [0.717, 1.165) is 17.1 Å². The third-order valence-corrected chi connectivity index (χ3v) is 3.24. The number of hydrogen-bond acceptors (Lipinski definition) is 3. The first-order chi connectivity index (χ1) is 6.79. The van der Waals surface area contributed by atoms with Crippen LogP contribution in [0.5, 0.6) is 0 Å². The van der Waals surface area contributed by atoms with E-state index in [1.165, 1.54) is 4.70 Å². The van der Waals surface area contributed by atoms with E-state index in [2.05, 4.69) is 30.2 Å². The molecule has 1 N–H and O–H groups in total. The van der Waals surface area contributed by atoms with Gasteiger partial charge in [0, 0.05) is 6.04 Å². The van der Waals surface area contributed by atoms with Crippen molar-refractivity contribution in [3.05, 3.63) is 24.3 Å². The number of thiazole rings is 1. The highest BCUT2D eigenvalue weighted by Crippen LogP contribution is 2.25. The quantitative estimate of drug-likeness (QED) is 0.831. The zero-order chi connectivity index (χ0) is 9.97. The summed E-state index contributed by atoms with van der Waals surface area (Å²) in [6, 6.07) is 8.72. The van der Waals surface area contributed by atoms with Crippen LogP contribution in [0.25, 0.3) is 10.2 Å². The maximum atomic E-state index is 4.51. The molecule has 0 bridgehead atoms. The summed E-state index contributed by atoms with van der Waals surface area (Å²) < 4.78 is 1.25. The van der Waals surface area contributed by atoms with Crippen LogP contribution in [0, 0.1) is 0 Å². The molecule has 2 aromatic rings. The zero-order valence-electron chi connectivity index (χ0n) is 8.45. The number of fused-ring (bicyclic) bond motifs is 1. The van der Waals surface area contributed by atoms with E-state index in [-0.39, 0.29) is 0 Å². The highest BCUT2D eigenvalue weighted by Gasteiger charge is 2.04. The molecule has 0 spiro atoms. The Bertz CT molecular complexity index is 389. The zero-order valence-corrected chi connectivity index (χ0v) is 9.27. The van der Waals surface area contributed by atoms with Crippen molar-refractivity contribution in [1.29, 1.82) is 0 Å². The Balaban J connectivity index is 2.27. The minimum absolute atomic E-state index is 0.496. The molecule has 1 heterocycles. The SMILES string of the molecule is CC[C@H](C)Nc1nc2ccccc2s1. The van der Waals surface area contributed by atoms with Crippen molar-refractivity contribution in [2.24, 2.45) is 0 Å². The van der Waals surface area contributed by atoms with Gasteiger partial charge in [0.15, 0.2) is 5.13 Å². The van der Waals surface area contributed by atoms with Gasteiger partial charge < -0.3 is 5.32 Å². The van der Waals surface area contributed by atoms with E-state index in [1.807, 2.05) is 18.2 Å². The molecule has 2 rings (SSSR count). The number of benzene rings is 1. The fourth-order valence-corrected chi connectivity index (χ4v) is 2.22. The third kappa shape index (κ3) is 1.87. The van der Waals surface area contributed by atoms with Crippen LogP contribution >= 0.6 is 11.3 Å². The maximum absolute atomic E-state index is 4.51. The van der Waals surface area contributed by atoms with Gasteiger partial charge in [0.1, 0.15) is 0 Å². The molecule has 0 aliphatic rings. The number of aromatic nitrogens is 1. The summed E-state index contributed by atoms with van der Waals surface area (Å²) in [6.07, 6.45) is 1.12. The second-order valence-corrected chi connectivity index (χ2v) is 4.47. The van der Waals surface area contributed by atoms with Gasteiger partial charge in [-0.25, -0.2) is 4.98 Å². The van der Waals surface area contributed by atoms with Gasteiger partial charge >= 0.3 is 0 Å². The molecule has 0 aliphatic heterocycles. The van der Waals surface area contributed by atoms with Gasteiger partial charge in [-0.05, 0) is 25.5 Å². The molecule has 0 fully saturated rings. The van der Waals surface area contributed by atoms with Crippen LogP contribution in [-0.4, -0.2) is 11.0 Å². The first kappa shape index (κ1) is 9.46. The van der Waals surface area contributed by atoms with E-state index in [9.17, 15) is 0 Å². The predicted octanol–water partition coefficient (Wildman–Crippen LogP) is 3.51. The van der Waals surface area contributed by atoms with Crippen LogP contribution < -0.4 is 5.32 Å². The van der Waals surface area contributed by atoms with Crippen LogP contribution in [-0.2, 0) is 0 Å². The van der Waals surface area contributed by atoms with Crippen LogP contribution in [0.4, 0.5) is 5.13 Å². The van der Waals surface area contributed by atoms with Gasteiger partial charge in [0.2, 0.25) is 0 Å². The lowest BCUT2D eigenvalue weighted by molar-refractivity contribution is 0.763. The van der Waals surface area contributed by atoms with Crippen molar-refractivity contribution in [3.63, 3.8) is 0 Å². The average Bonchev–Trinajstić information content (AvgIpc) is 2.59. The lowest BCUT2D eigenvalue weighted by Gasteiger charge is -2.08. The van der Waals surface area contributed by atoms with Crippen LogP contribution in [0.2, 0.25) is 0 Å². The molecular formula is C11H14N2S. The predicted molar refractivity (Wildman–Crippen MR) is 63.0 cm³/mol. The summed E-state index contributed by atoms with van der Waals surface area (Å²) in [7, 11) is 0. The van der Waals surface area contributed by atoms with E-state index in [4.69, 9.17) is 0 Å². The Morgan fingerprint density at radius 2 is 2.21 bits per heavy atom. The third-order valence-electron chi connectivity index (χ3n) is 2.28. The Labute approximate surface area is 88.0 Å². The van der Waals surface area contributed by atoms with Crippen molar-refractivity contribution in [2.45, 2.75) is 26.3 Å². The standard InChI is InChI=1S/C11H14N2S/c1-3-8(2)12-11-13-9-6-4-5-7-10(9)14-11/h4-8H,3H2,1-2H3,(H,12,13)/t8-/m0/s1. The molecule has 14 heavy (non-hydrogen) atoms. The monoisotopic (exact) mass is 206 g/mol. The molecule has 2 nitrogen and oxygen atoms in total. The maximum Gasteiger partial charge on any atom is 0.183 e. The topological polar surface area (TPSA) is 24.9 Å². The number of anilines is 1. The molecule has 0 saturated heterocycles. The van der Waals surface area contributed by atoms with Crippen molar-refractivity contribution >= 4 is 26.7 Å². The summed E-state index contributed by atoms with van der Waals surface area (Å²) >= 11 is 1.72. The van der Waals surface area contributed by atoms with Gasteiger partial charge in [-0.3, -0.25) is 0 Å². The van der Waals surface area contributed by atoms with Gasteiger partial charge in [-0.15, -0.1) is 0 Å². The lowest BCUT2D eigenvalue weighted by Crippen LogP contribution is -2.12. The van der Waals surface area contributed by atoms with Crippen molar-refractivity contribution < 1.29 is 0 Å². The van der Waals surface area contributed by atoms with E-state index in [1.54, 1.807) is 11.3 Å². The Kier molecular flexibility index (Phi) is 2.68. The Morgan fingerprint density at radius 3 is 2.93 bits per heavy atom. The summed E-state index contributed by atoms with van der Waals surface area (Å²) in [4.78, 5) is 4.51. The lowest BCUT2D eigenvalue weighted by atomic mass is 10.3. The normalized spacial score (nSPS) is 13.0. The molecule has 0 aliphatic carbocycles. The first-order valence-electron chi connectivity index (χ1n) is 4.91. The summed E-state index contributed by atoms with van der Waals surface area (Å²) in [5.74, 6) is 0. The molecule has 1 aromatic carbocycles. The number of nitrogens with one attached hydrogen (secondary N) is 1.